The SMILES string of the molecule is O=C1c2ccccc2CN1Cc1cc([C@@H]2O[C@H](CO)[C@@H](O)[C@H](O)[C@H]2O)ccc1Cl. The van der Waals surface area contributed by atoms with Crippen LogP contribution in [0.3, 0.4) is 0 Å². The van der Waals surface area contributed by atoms with Crippen LogP contribution in [0.1, 0.15) is 33.2 Å². The largest absolute Gasteiger partial charge is 0.394 e. The molecule has 1 saturated heterocycles. The second-order valence-corrected chi connectivity index (χ2v) is 7.83. The lowest BCUT2D eigenvalue weighted by Crippen LogP contribution is -2.55. The first kappa shape index (κ1) is 20.3. The maximum Gasteiger partial charge on any atom is 0.254 e. The molecule has 2 heterocycles. The van der Waals surface area contributed by atoms with Crippen molar-refractivity contribution < 1.29 is 30.0 Å². The molecule has 1 amide bonds. The second-order valence-electron chi connectivity index (χ2n) is 7.42. The number of hydrogen-bond donors (Lipinski definition) is 4. The average Bonchev–Trinajstić information content (AvgIpc) is 3.04. The summed E-state index contributed by atoms with van der Waals surface area (Å²) in [6.07, 6.45) is -6.20. The van der Waals surface area contributed by atoms with Crippen LogP contribution in [0.25, 0.3) is 0 Å². The van der Waals surface area contributed by atoms with E-state index in [9.17, 15) is 25.2 Å². The third-order valence-corrected chi connectivity index (χ3v) is 5.92. The van der Waals surface area contributed by atoms with E-state index in [0.29, 0.717) is 28.3 Å². The Labute approximate surface area is 172 Å². The molecule has 7 nitrogen and oxygen atoms in total. The Balaban J connectivity index is 1.58. The first-order valence-electron chi connectivity index (χ1n) is 9.36. The summed E-state index contributed by atoms with van der Waals surface area (Å²) in [5.41, 5.74) is 2.83. The van der Waals surface area contributed by atoms with Crippen LogP contribution in [-0.2, 0) is 17.8 Å². The molecule has 29 heavy (non-hydrogen) atoms. The van der Waals surface area contributed by atoms with Crippen molar-refractivity contribution in [2.24, 2.45) is 0 Å². The Morgan fingerprint density at radius 1 is 1.07 bits per heavy atom. The van der Waals surface area contributed by atoms with Crippen LogP contribution in [-0.4, -0.2) is 62.3 Å². The van der Waals surface area contributed by atoms with Crippen molar-refractivity contribution in [1.82, 2.24) is 4.90 Å². The van der Waals surface area contributed by atoms with E-state index in [1.165, 1.54) is 0 Å². The van der Waals surface area contributed by atoms with Crippen molar-refractivity contribution in [3.8, 4) is 0 Å². The van der Waals surface area contributed by atoms with Gasteiger partial charge in [0.2, 0.25) is 0 Å². The van der Waals surface area contributed by atoms with Crippen LogP contribution in [0.2, 0.25) is 5.02 Å². The highest BCUT2D eigenvalue weighted by atomic mass is 35.5. The number of aliphatic hydroxyl groups excluding tert-OH is 4. The lowest BCUT2D eigenvalue weighted by atomic mass is 9.90. The van der Waals surface area contributed by atoms with Crippen LogP contribution in [0.15, 0.2) is 42.5 Å². The van der Waals surface area contributed by atoms with Gasteiger partial charge in [-0.3, -0.25) is 4.79 Å². The van der Waals surface area contributed by atoms with Crippen molar-refractivity contribution in [2.45, 2.75) is 43.6 Å². The number of hydrogen-bond acceptors (Lipinski definition) is 6. The van der Waals surface area contributed by atoms with Gasteiger partial charge in [0.15, 0.2) is 0 Å². The van der Waals surface area contributed by atoms with Crippen LogP contribution in [0.5, 0.6) is 0 Å². The van der Waals surface area contributed by atoms with Crippen LogP contribution >= 0.6 is 11.6 Å². The fourth-order valence-electron chi connectivity index (χ4n) is 3.92. The molecular formula is C21H22ClNO6. The van der Waals surface area contributed by atoms with E-state index in [-0.39, 0.29) is 12.5 Å². The number of aliphatic hydroxyl groups is 4. The number of halogens is 1. The minimum Gasteiger partial charge on any atom is -0.394 e. The van der Waals surface area contributed by atoms with Crippen molar-refractivity contribution in [2.75, 3.05) is 6.61 Å². The Morgan fingerprint density at radius 3 is 2.55 bits per heavy atom. The van der Waals surface area contributed by atoms with Crippen molar-refractivity contribution in [1.29, 1.82) is 0 Å². The number of carbonyl (C=O) groups is 1. The van der Waals surface area contributed by atoms with Gasteiger partial charge < -0.3 is 30.1 Å². The number of carbonyl (C=O) groups excluding carboxylic acids is 1. The zero-order chi connectivity index (χ0) is 20.7. The van der Waals surface area contributed by atoms with Gasteiger partial charge in [-0.05, 0) is 34.9 Å². The number of ether oxygens (including phenoxy) is 1. The van der Waals surface area contributed by atoms with Crippen LogP contribution in [0.4, 0.5) is 0 Å². The van der Waals surface area contributed by atoms with E-state index in [0.717, 1.165) is 5.56 Å². The predicted octanol–water partition coefficient (Wildman–Crippen LogP) is 1.01. The molecule has 2 aromatic rings. The van der Waals surface area contributed by atoms with E-state index in [1.807, 2.05) is 18.2 Å². The lowest BCUT2D eigenvalue weighted by Gasteiger charge is -2.40. The Hall–Kier alpha value is -2.00. The Morgan fingerprint density at radius 2 is 1.83 bits per heavy atom. The minimum absolute atomic E-state index is 0.0742. The lowest BCUT2D eigenvalue weighted by molar-refractivity contribution is -0.231. The van der Waals surface area contributed by atoms with Crippen LogP contribution < -0.4 is 0 Å². The van der Waals surface area contributed by atoms with E-state index in [1.54, 1.807) is 29.2 Å². The standard InChI is InChI=1S/C21H22ClNO6/c22-15-6-5-11(20-19(27)18(26)17(25)16(10-24)29-20)7-13(15)9-23-8-12-3-1-2-4-14(12)21(23)28/h1-7,16-20,24-27H,8-10H2/t16-,17-,18+,19-,20+/m1/s1. The quantitative estimate of drug-likeness (QED) is 0.588. The zero-order valence-electron chi connectivity index (χ0n) is 15.5. The highest BCUT2D eigenvalue weighted by Gasteiger charge is 2.44. The Bertz CT molecular complexity index is 920. The molecule has 0 saturated carbocycles. The summed E-state index contributed by atoms with van der Waals surface area (Å²) in [5.74, 6) is -0.0742. The molecule has 1 fully saturated rings. The van der Waals surface area contributed by atoms with Gasteiger partial charge in [-0.2, -0.15) is 0 Å². The summed E-state index contributed by atoms with van der Waals surface area (Å²) >= 11 is 6.35. The number of benzene rings is 2. The van der Waals surface area contributed by atoms with Gasteiger partial charge in [-0.1, -0.05) is 35.9 Å². The fourth-order valence-corrected chi connectivity index (χ4v) is 4.10. The molecule has 8 heteroatoms. The summed E-state index contributed by atoms with van der Waals surface area (Å²) < 4.78 is 5.62. The van der Waals surface area contributed by atoms with E-state index < -0.39 is 37.1 Å². The highest BCUT2D eigenvalue weighted by molar-refractivity contribution is 6.31. The van der Waals surface area contributed by atoms with Gasteiger partial charge >= 0.3 is 0 Å². The van der Waals surface area contributed by atoms with Crippen molar-refractivity contribution in [3.63, 3.8) is 0 Å². The summed E-state index contributed by atoms with van der Waals surface area (Å²) in [7, 11) is 0. The van der Waals surface area contributed by atoms with E-state index in [4.69, 9.17) is 16.3 Å². The first-order valence-corrected chi connectivity index (χ1v) is 9.74. The maximum atomic E-state index is 12.6. The smallest absolute Gasteiger partial charge is 0.254 e. The number of fused-ring (bicyclic) bond motifs is 1. The molecular weight excluding hydrogens is 398 g/mol. The third-order valence-electron chi connectivity index (χ3n) is 5.55. The summed E-state index contributed by atoms with van der Waals surface area (Å²) in [5, 5.41) is 40.2. The molecule has 0 unspecified atom stereocenters. The van der Waals surface area contributed by atoms with E-state index >= 15 is 0 Å². The van der Waals surface area contributed by atoms with Crippen LogP contribution in [0, 0.1) is 0 Å². The second kappa shape index (κ2) is 8.02. The van der Waals surface area contributed by atoms with Gasteiger partial charge in [-0.15, -0.1) is 0 Å². The highest BCUT2D eigenvalue weighted by Crippen LogP contribution is 2.35. The minimum atomic E-state index is -1.46. The van der Waals surface area contributed by atoms with Crippen molar-refractivity contribution >= 4 is 17.5 Å². The van der Waals surface area contributed by atoms with Gasteiger partial charge in [0.1, 0.15) is 30.5 Å². The first-order chi connectivity index (χ1) is 13.9. The van der Waals surface area contributed by atoms with Gasteiger partial charge in [0.05, 0.1) is 6.61 Å². The molecule has 2 aliphatic rings. The predicted molar refractivity (Wildman–Crippen MR) is 104 cm³/mol. The Kier molecular flexibility index (Phi) is 5.61. The van der Waals surface area contributed by atoms with E-state index in [2.05, 4.69) is 0 Å². The summed E-state index contributed by atoms with van der Waals surface area (Å²) in [6.45, 7) is 0.260. The van der Waals surface area contributed by atoms with Gasteiger partial charge in [-0.25, -0.2) is 0 Å². The maximum absolute atomic E-state index is 12.6. The number of amides is 1. The molecule has 2 aromatic carbocycles. The third kappa shape index (κ3) is 3.66. The molecule has 4 rings (SSSR count). The summed E-state index contributed by atoms with van der Waals surface area (Å²) in [4.78, 5) is 14.3. The average molecular weight is 420 g/mol. The molecule has 154 valence electrons. The molecule has 5 atom stereocenters. The molecule has 0 aliphatic carbocycles. The van der Waals surface area contributed by atoms with Gasteiger partial charge in [0, 0.05) is 23.7 Å². The summed E-state index contributed by atoms with van der Waals surface area (Å²) in [6, 6.07) is 12.4. The fraction of sp³-hybridized carbons (Fsp3) is 0.381. The normalized spacial score (nSPS) is 29.2. The molecule has 2 aliphatic heterocycles. The van der Waals surface area contributed by atoms with Crippen molar-refractivity contribution in [3.05, 3.63) is 69.7 Å². The van der Waals surface area contributed by atoms with Gasteiger partial charge in [0.25, 0.3) is 5.91 Å². The zero-order valence-corrected chi connectivity index (χ0v) is 16.2. The molecule has 0 spiro atoms. The molecule has 4 N–H and O–H groups in total. The molecule has 0 radical (unpaired) electrons. The molecule has 0 aromatic heterocycles. The number of rotatable bonds is 4. The number of nitrogens with zero attached hydrogens (tertiary/aromatic N) is 1. The monoisotopic (exact) mass is 419 g/mol. The molecule has 0 bridgehead atoms. The topological polar surface area (TPSA) is 110 Å².